The van der Waals surface area contributed by atoms with Gasteiger partial charge in [0, 0.05) is 50.3 Å². The van der Waals surface area contributed by atoms with Gasteiger partial charge in [-0.3, -0.25) is 4.98 Å². The van der Waals surface area contributed by atoms with E-state index < -0.39 is 0 Å². The topological polar surface area (TPSA) is 46.4 Å². The fourth-order valence-electron chi connectivity index (χ4n) is 8.51. The van der Waals surface area contributed by atoms with Crippen LogP contribution in [0.5, 0.6) is 5.75 Å². The van der Waals surface area contributed by atoms with Crippen LogP contribution in [0.1, 0.15) is 116 Å². The number of aromatic nitrogens is 3. The summed E-state index contributed by atoms with van der Waals surface area (Å²) >= 11 is 0. The van der Waals surface area contributed by atoms with Crippen molar-refractivity contribution in [3.05, 3.63) is 143 Å². The molecule has 2 aromatic heterocycles. The van der Waals surface area contributed by atoms with Crippen LogP contribution in [0.2, 0.25) is 0 Å². The quantitative estimate of drug-likeness (QED) is 0.131. The molecule has 0 fully saturated rings. The molecule has 0 amide bonds. The Balaban J connectivity index is 0.000000223. The van der Waals surface area contributed by atoms with Gasteiger partial charge < -0.3 is 18.8 Å². The second-order valence-corrected chi connectivity index (χ2v) is 20.5. The standard InChI is InChI=1S/C33H44BN2O.C18H17BN3.Ir/c1-30(2,3)22-17-18-35-28(21-22)36-26-15-13-14-16-27(26)37-34(36)29-24(32(7,8)9)19-23(31(4,5)6)20-25(29)33(10,11)12;1-13-7-6-8-14(2)17(13)19-21(3)16-10-5-4-9-15(16)18-20-11-12-22(18)19;/h13-14,16-21H,1-12H3;4-8,10-12H,1-3H3;/q2*-1;. The number of imidazole rings is 1. The molecule has 9 heteroatoms. The van der Waals surface area contributed by atoms with E-state index in [1.807, 2.05) is 42.7 Å². The summed E-state index contributed by atoms with van der Waals surface area (Å²) in [5.41, 5.74) is 13.5. The first kappa shape index (κ1) is 45.0. The number of hydrogen-bond donors (Lipinski definition) is 0. The number of aryl methyl sites for hydroxylation is 2. The largest absolute Gasteiger partial charge is 0.599 e. The van der Waals surface area contributed by atoms with Gasteiger partial charge in [-0.2, -0.15) is 18.2 Å². The van der Waals surface area contributed by atoms with Crippen molar-refractivity contribution in [2.75, 3.05) is 16.7 Å². The van der Waals surface area contributed by atoms with Crippen molar-refractivity contribution in [1.82, 2.24) is 14.4 Å². The van der Waals surface area contributed by atoms with E-state index in [1.54, 1.807) is 0 Å². The molecule has 8 rings (SSSR count). The third-order valence-electron chi connectivity index (χ3n) is 11.8. The number of para-hydroxylation sites is 1. The molecular formula is C51H61B2IrN5O-2. The van der Waals surface area contributed by atoms with Crippen molar-refractivity contribution in [2.24, 2.45) is 0 Å². The second kappa shape index (κ2) is 16.4. The van der Waals surface area contributed by atoms with E-state index in [4.69, 9.17) is 9.64 Å². The fraction of sp³-hybridized carbons (Fsp3) is 0.373. The van der Waals surface area contributed by atoms with Crippen LogP contribution in [0.3, 0.4) is 0 Å². The van der Waals surface area contributed by atoms with E-state index in [9.17, 15) is 0 Å². The molecule has 0 atom stereocenters. The summed E-state index contributed by atoms with van der Waals surface area (Å²) in [7, 11) is 1.81. The summed E-state index contributed by atoms with van der Waals surface area (Å²) in [4.78, 5) is 14.0. The molecule has 4 aromatic carbocycles. The minimum Gasteiger partial charge on any atom is -0.599 e. The predicted octanol–water partition coefficient (Wildman–Crippen LogP) is 10.7. The van der Waals surface area contributed by atoms with Crippen LogP contribution in [-0.2, 0) is 41.8 Å². The van der Waals surface area contributed by atoms with E-state index in [0.29, 0.717) is 0 Å². The zero-order valence-electron chi connectivity index (χ0n) is 38.4. The van der Waals surface area contributed by atoms with Crippen molar-refractivity contribution < 1.29 is 24.8 Å². The first-order valence-electron chi connectivity index (χ1n) is 21.0. The van der Waals surface area contributed by atoms with Gasteiger partial charge in [0.15, 0.2) is 0 Å². The molecule has 2 aliphatic rings. The Kier molecular flexibility index (Phi) is 12.3. The molecule has 0 spiro atoms. The van der Waals surface area contributed by atoms with Gasteiger partial charge in [0.2, 0.25) is 0 Å². The van der Waals surface area contributed by atoms with Crippen molar-refractivity contribution >= 4 is 42.2 Å². The Morgan fingerprint density at radius 2 is 1.23 bits per heavy atom. The van der Waals surface area contributed by atoms with Gasteiger partial charge >= 0.3 is 14.0 Å². The van der Waals surface area contributed by atoms with Crippen LogP contribution in [0.15, 0.2) is 97.5 Å². The number of hydrogen-bond acceptors (Lipinski definition) is 5. The molecule has 313 valence electrons. The van der Waals surface area contributed by atoms with Crippen LogP contribution in [0.4, 0.5) is 17.2 Å². The van der Waals surface area contributed by atoms with Crippen LogP contribution in [-0.4, -0.2) is 35.5 Å². The number of anilines is 3. The Morgan fingerprint density at radius 1 is 0.633 bits per heavy atom. The molecule has 6 aromatic rings. The smallest absolute Gasteiger partial charge is 0.511 e. The number of nitrogens with zero attached hydrogens (tertiary/aromatic N) is 5. The van der Waals surface area contributed by atoms with Gasteiger partial charge in [0.05, 0.1) is 0 Å². The molecule has 6 nitrogen and oxygen atoms in total. The molecular weight excluding hydrogens is 912 g/mol. The first-order valence-corrected chi connectivity index (χ1v) is 21.0. The number of benzene rings is 4. The third kappa shape index (κ3) is 8.50. The average Bonchev–Trinajstić information content (AvgIpc) is 3.80. The summed E-state index contributed by atoms with van der Waals surface area (Å²) in [5.74, 6) is 2.72. The van der Waals surface area contributed by atoms with Gasteiger partial charge in [-0.25, -0.2) is 4.98 Å². The van der Waals surface area contributed by atoms with Gasteiger partial charge in [0.1, 0.15) is 5.82 Å². The van der Waals surface area contributed by atoms with E-state index in [2.05, 4.69) is 190 Å². The maximum atomic E-state index is 6.84. The summed E-state index contributed by atoms with van der Waals surface area (Å²) in [6, 6.07) is 34.6. The van der Waals surface area contributed by atoms with Crippen molar-refractivity contribution in [3.8, 4) is 17.1 Å². The Morgan fingerprint density at radius 3 is 1.83 bits per heavy atom. The maximum Gasteiger partial charge on any atom is 0.511 e. The monoisotopic (exact) mass is 974 g/mol. The summed E-state index contributed by atoms with van der Waals surface area (Å²) in [6.45, 7) is 31.9. The molecule has 0 saturated carbocycles. The van der Waals surface area contributed by atoms with E-state index in [-0.39, 0.29) is 55.8 Å². The average molecular weight is 974 g/mol. The molecule has 4 heterocycles. The van der Waals surface area contributed by atoms with Crippen molar-refractivity contribution in [3.63, 3.8) is 0 Å². The third-order valence-corrected chi connectivity index (χ3v) is 11.8. The van der Waals surface area contributed by atoms with E-state index >= 15 is 0 Å². The molecule has 0 bridgehead atoms. The summed E-state index contributed by atoms with van der Waals surface area (Å²) < 4.78 is 9.08. The molecule has 0 unspecified atom stereocenters. The zero-order valence-corrected chi connectivity index (χ0v) is 40.8. The van der Waals surface area contributed by atoms with E-state index in [1.165, 1.54) is 50.0 Å². The molecule has 2 aliphatic heterocycles. The zero-order chi connectivity index (χ0) is 42.8. The number of fused-ring (bicyclic) bond motifs is 4. The maximum absolute atomic E-state index is 6.84. The van der Waals surface area contributed by atoms with Crippen LogP contribution in [0.25, 0.3) is 11.4 Å². The second-order valence-electron chi connectivity index (χ2n) is 20.5. The van der Waals surface area contributed by atoms with Gasteiger partial charge in [-0.05, 0) is 93.6 Å². The van der Waals surface area contributed by atoms with Crippen LogP contribution >= 0.6 is 0 Å². The predicted molar refractivity (Wildman–Crippen MR) is 251 cm³/mol. The van der Waals surface area contributed by atoms with E-state index in [0.717, 1.165) is 28.6 Å². The number of pyridine rings is 1. The van der Waals surface area contributed by atoms with Gasteiger partial charge in [0.25, 0.3) is 0 Å². The summed E-state index contributed by atoms with van der Waals surface area (Å²) in [6.07, 6.45) is 5.86. The summed E-state index contributed by atoms with van der Waals surface area (Å²) in [5, 5.41) is 0. The van der Waals surface area contributed by atoms with Crippen molar-refractivity contribution in [1.29, 1.82) is 0 Å². The SMILES string of the molecule is CC(C)(C)c1ccnc(N2B(c3c(C(C)(C)C)cc(C(C)(C)C)cc3C(C)(C)C)Oc3ccc[c-]c32)c1.Cc1cccc(C)c1B1N(C)c2ccc[c-]c2-c2nccn21.[Ir]. The minimum atomic E-state index is -0.339. The number of rotatable bonds is 3. The Labute approximate surface area is 374 Å². The first-order chi connectivity index (χ1) is 27.6. The fourth-order valence-corrected chi connectivity index (χ4v) is 8.51. The van der Waals surface area contributed by atoms with Crippen LogP contribution < -0.4 is 25.2 Å². The molecule has 0 N–H and O–H groups in total. The normalized spacial score (nSPS) is 13.8. The molecule has 60 heavy (non-hydrogen) atoms. The van der Waals surface area contributed by atoms with Crippen LogP contribution in [0, 0.1) is 26.0 Å². The Bertz CT molecular complexity index is 2450. The molecule has 0 aliphatic carbocycles. The van der Waals surface area contributed by atoms with Gasteiger partial charge in [-0.1, -0.05) is 136 Å². The van der Waals surface area contributed by atoms with Gasteiger partial charge in [-0.15, -0.1) is 30.3 Å². The molecule has 1 radical (unpaired) electrons. The molecule has 0 saturated heterocycles. The van der Waals surface area contributed by atoms with Crippen molar-refractivity contribution in [2.45, 2.75) is 119 Å². The Hall–Kier alpha value is -4.58. The minimum absolute atomic E-state index is 0.